The van der Waals surface area contributed by atoms with Crippen LogP contribution >= 0.6 is 11.3 Å². The highest BCUT2D eigenvalue weighted by Gasteiger charge is 2.25. The molecule has 0 aliphatic heterocycles. The molecule has 0 saturated carbocycles. The van der Waals surface area contributed by atoms with E-state index in [0.717, 1.165) is 4.88 Å². The van der Waals surface area contributed by atoms with Gasteiger partial charge in [0.25, 0.3) is 0 Å². The maximum atomic E-state index is 12.1. The molecule has 1 atom stereocenters. The van der Waals surface area contributed by atoms with Crippen LogP contribution in [0.2, 0.25) is 0 Å². The minimum Gasteiger partial charge on any atom is -0.408 e. The lowest BCUT2D eigenvalue weighted by Crippen LogP contribution is -2.40. The van der Waals surface area contributed by atoms with Crippen molar-refractivity contribution in [2.45, 2.75) is 19.1 Å². The number of aliphatic hydroxyl groups is 1. The molecule has 0 spiro atoms. The van der Waals surface area contributed by atoms with Crippen LogP contribution in [0.25, 0.3) is 11.1 Å². The van der Waals surface area contributed by atoms with Crippen molar-refractivity contribution in [3.63, 3.8) is 0 Å². The number of oxazole rings is 1. The number of benzene rings is 1. The number of hydrogen-bond acceptors (Lipinski definition) is 5. The minimum absolute atomic E-state index is 0.0664. The number of amides is 1. The molecule has 0 fully saturated rings. The molecule has 0 aliphatic carbocycles. The first-order valence-electron chi connectivity index (χ1n) is 7.09. The molecule has 2 aromatic heterocycles. The highest BCUT2D eigenvalue weighted by molar-refractivity contribution is 7.10. The van der Waals surface area contributed by atoms with Crippen LogP contribution in [-0.4, -0.2) is 22.1 Å². The van der Waals surface area contributed by atoms with Gasteiger partial charge in [-0.1, -0.05) is 18.2 Å². The fourth-order valence-corrected chi connectivity index (χ4v) is 3.09. The summed E-state index contributed by atoms with van der Waals surface area (Å²) in [4.78, 5) is 24.7. The van der Waals surface area contributed by atoms with Gasteiger partial charge in [0.1, 0.15) is 12.1 Å². The Morgan fingerprint density at radius 2 is 2.13 bits per heavy atom. The van der Waals surface area contributed by atoms with Gasteiger partial charge in [0.15, 0.2) is 5.58 Å². The number of rotatable bonds is 5. The van der Waals surface area contributed by atoms with Crippen molar-refractivity contribution < 1.29 is 14.3 Å². The number of aromatic nitrogens is 1. The van der Waals surface area contributed by atoms with Crippen molar-refractivity contribution in [1.29, 1.82) is 0 Å². The third-order valence-corrected chi connectivity index (χ3v) is 4.68. The first kappa shape index (κ1) is 15.5. The lowest BCUT2D eigenvalue weighted by molar-refractivity contribution is -0.122. The van der Waals surface area contributed by atoms with E-state index in [0.29, 0.717) is 11.1 Å². The number of nitrogens with zero attached hydrogens (tertiary/aromatic N) is 1. The van der Waals surface area contributed by atoms with Crippen LogP contribution in [-0.2, 0) is 16.9 Å². The van der Waals surface area contributed by atoms with E-state index in [1.54, 1.807) is 31.2 Å². The molecular formula is C16H16N2O4S. The summed E-state index contributed by atoms with van der Waals surface area (Å²) in [5, 5.41) is 14.9. The molecule has 1 aromatic carbocycles. The van der Waals surface area contributed by atoms with Crippen LogP contribution in [0.5, 0.6) is 0 Å². The van der Waals surface area contributed by atoms with E-state index in [2.05, 4.69) is 5.32 Å². The SMILES string of the molecule is C[C@](O)(CNC(=O)Cn1c(=O)oc2ccccc21)c1cccs1. The normalized spacial score (nSPS) is 13.8. The summed E-state index contributed by atoms with van der Waals surface area (Å²) in [6.45, 7) is 1.55. The zero-order valence-corrected chi connectivity index (χ0v) is 13.3. The number of carbonyl (C=O) groups is 1. The zero-order chi connectivity index (χ0) is 16.4. The van der Waals surface area contributed by atoms with Crippen molar-refractivity contribution in [3.8, 4) is 0 Å². The molecular weight excluding hydrogens is 316 g/mol. The van der Waals surface area contributed by atoms with Gasteiger partial charge >= 0.3 is 5.76 Å². The van der Waals surface area contributed by atoms with Gasteiger partial charge in [-0.25, -0.2) is 4.79 Å². The highest BCUT2D eigenvalue weighted by atomic mass is 32.1. The maximum absolute atomic E-state index is 12.1. The number of thiophene rings is 1. The first-order valence-corrected chi connectivity index (χ1v) is 7.97. The van der Waals surface area contributed by atoms with Crippen LogP contribution in [0.3, 0.4) is 0 Å². The van der Waals surface area contributed by atoms with Crippen molar-refractivity contribution >= 4 is 28.3 Å². The van der Waals surface area contributed by atoms with Crippen LogP contribution in [0, 0.1) is 0 Å². The number of para-hydroxylation sites is 2. The van der Waals surface area contributed by atoms with E-state index in [-0.39, 0.29) is 19.0 Å². The largest absolute Gasteiger partial charge is 0.420 e. The van der Waals surface area contributed by atoms with Gasteiger partial charge in [0, 0.05) is 4.88 Å². The van der Waals surface area contributed by atoms with E-state index in [9.17, 15) is 14.7 Å². The first-order chi connectivity index (χ1) is 11.0. The Kier molecular flexibility index (Phi) is 4.06. The summed E-state index contributed by atoms with van der Waals surface area (Å²) in [6, 6.07) is 10.6. The molecule has 2 N–H and O–H groups in total. The van der Waals surface area contributed by atoms with Gasteiger partial charge in [-0.05, 0) is 30.5 Å². The Balaban J connectivity index is 1.70. The lowest BCUT2D eigenvalue weighted by Gasteiger charge is -2.22. The van der Waals surface area contributed by atoms with Gasteiger partial charge in [0.2, 0.25) is 5.91 Å². The molecule has 2 heterocycles. The Morgan fingerprint density at radius 3 is 2.87 bits per heavy atom. The Hall–Kier alpha value is -2.38. The number of hydrogen-bond donors (Lipinski definition) is 2. The topological polar surface area (TPSA) is 84.5 Å². The Labute approximate surface area is 136 Å². The molecule has 3 aromatic rings. The predicted molar refractivity (Wildman–Crippen MR) is 87.4 cm³/mol. The molecule has 0 aliphatic rings. The van der Waals surface area contributed by atoms with Crippen LogP contribution in [0.15, 0.2) is 51.0 Å². The fraction of sp³-hybridized carbons (Fsp3) is 0.250. The van der Waals surface area contributed by atoms with Crippen molar-refractivity contribution in [2.24, 2.45) is 0 Å². The molecule has 23 heavy (non-hydrogen) atoms. The second kappa shape index (κ2) is 6.02. The molecule has 3 rings (SSSR count). The van der Waals surface area contributed by atoms with Crippen LogP contribution < -0.4 is 11.1 Å². The van der Waals surface area contributed by atoms with E-state index in [4.69, 9.17) is 4.42 Å². The number of nitrogens with one attached hydrogen (secondary N) is 1. The summed E-state index contributed by atoms with van der Waals surface area (Å²) in [5.41, 5.74) is -0.138. The van der Waals surface area contributed by atoms with Crippen molar-refractivity contribution in [2.75, 3.05) is 6.54 Å². The Bertz CT molecular complexity index is 877. The average Bonchev–Trinajstić information content (AvgIpc) is 3.15. The summed E-state index contributed by atoms with van der Waals surface area (Å²) in [6.07, 6.45) is 0. The highest BCUT2D eigenvalue weighted by Crippen LogP contribution is 2.24. The van der Waals surface area contributed by atoms with E-state index >= 15 is 0 Å². The molecule has 1 amide bonds. The quantitative estimate of drug-likeness (QED) is 0.744. The summed E-state index contributed by atoms with van der Waals surface area (Å²) < 4.78 is 6.35. The molecule has 0 unspecified atom stereocenters. The molecule has 6 nitrogen and oxygen atoms in total. The van der Waals surface area contributed by atoms with Crippen molar-refractivity contribution in [3.05, 3.63) is 57.2 Å². The number of fused-ring (bicyclic) bond motifs is 1. The van der Waals surface area contributed by atoms with Gasteiger partial charge in [-0.2, -0.15) is 0 Å². The standard InChI is InChI=1S/C16H16N2O4S/c1-16(21,13-7-4-8-23-13)10-17-14(19)9-18-11-5-2-3-6-12(11)22-15(18)20/h2-8,21H,9-10H2,1H3,(H,17,19)/t16-/m0/s1. The molecule has 0 bridgehead atoms. The van der Waals surface area contributed by atoms with Gasteiger partial charge in [0.05, 0.1) is 12.1 Å². The molecule has 120 valence electrons. The average molecular weight is 332 g/mol. The lowest BCUT2D eigenvalue weighted by atomic mass is 10.1. The third kappa shape index (κ3) is 3.20. The fourth-order valence-electron chi connectivity index (χ4n) is 2.31. The van der Waals surface area contributed by atoms with E-state index in [1.807, 2.05) is 17.5 Å². The third-order valence-electron chi connectivity index (χ3n) is 3.56. The second-order valence-electron chi connectivity index (χ2n) is 5.45. The summed E-state index contributed by atoms with van der Waals surface area (Å²) in [5.74, 6) is -0.943. The minimum atomic E-state index is -1.15. The number of carbonyl (C=O) groups excluding carboxylic acids is 1. The van der Waals surface area contributed by atoms with Gasteiger partial charge in [-0.3, -0.25) is 9.36 Å². The molecule has 0 radical (unpaired) electrons. The summed E-state index contributed by atoms with van der Waals surface area (Å²) in [7, 11) is 0. The van der Waals surface area contributed by atoms with Crippen LogP contribution in [0.1, 0.15) is 11.8 Å². The molecule has 7 heteroatoms. The Morgan fingerprint density at radius 1 is 1.35 bits per heavy atom. The van der Waals surface area contributed by atoms with E-state index in [1.165, 1.54) is 15.9 Å². The summed E-state index contributed by atoms with van der Waals surface area (Å²) >= 11 is 1.42. The monoisotopic (exact) mass is 332 g/mol. The second-order valence-corrected chi connectivity index (χ2v) is 6.40. The smallest absolute Gasteiger partial charge is 0.408 e. The van der Waals surface area contributed by atoms with Crippen molar-refractivity contribution in [1.82, 2.24) is 9.88 Å². The van der Waals surface area contributed by atoms with Gasteiger partial charge < -0.3 is 14.8 Å². The van der Waals surface area contributed by atoms with Gasteiger partial charge in [-0.15, -0.1) is 11.3 Å². The molecule has 0 saturated heterocycles. The van der Waals surface area contributed by atoms with E-state index < -0.39 is 11.4 Å². The zero-order valence-electron chi connectivity index (χ0n) is 12.5. The maximum Gasteiger partial charge on any atom is 0.420 e. The van der Waals surface area contributed by atoms with Crippen LogP contribution in [0.4, 0.5) is 0 Å². The predicted octanol–water partition coefficient (Wildman–Crippen LogP) is 1.68.